The predicted octanol–water partition coefficient (Wildman–Crippen LogP) is 5.37. The molecule has 6 nitrogen and oxygen atoms in total. The van der Waals surface area contributed by atoms with Gasteiger partial charge >= 0.3 is 6.09 Å². The molecule has 0 rings (SSSR count). The Morgan fingerprint density at radius 1 is 0.733 bits per heavy atom. The molecule has 0 fully saturated rings. The Morgan fingerprint density at radius 2 is 1.10 bits per heavy atom. The molecular weight excluding hydrogens is 380 g/mol. The Morgan fingerprint density at radius 3 is 1.30 bits per heavy atom. The minimum absolute atomic E-state index is 0. The van der Waals surface area contributed by atoms with E-state index in [1.165, 1.54) is 0 Å². The van der Waals surface area contributed by atoms with Gasteiger partial charge in [-0.05, 0) is 32.6 Å². The number of ketones is 2. The number of hydrogen-bond acceptors (Lipinski definition) is 5. The standard InChI is InChI=1S/C14H27NO3.C9H19NO.CH4/c1-9(2)10(11(16)13(3,4)5)15-12(17)18-14(6,7)8;1-6(2)7(10)8(11)9(3,4)5;/h9-10H,1-8H3,(H,15,17);6-7H,10H2,1-5H3;1H4. The highest BCUT2D eigenvalue weighted by Gasteiger charge is 2.33. The number of carbonyl (C=O) groups is 3. The second kappa shape index (κ2) is 12.4. The van der Waals surface area contributed by atoms with Gasteiger partial charge in [0.15, 0.2) is 11.6 Å². The monoisotopic (exact) mass is 430 g/mol. The lowest BCUT2D eigenvalue weighted by molar-refractivity contribution is -0.129. The van der Waals surface area contributed by atoms with Crippen LogP contribution >= 0.6 is 0 Å². The number of carbonyl (C=O) groups excluding carboxylic acids is 3. The molecule has 0 aliphatic rings. The van der Waals surface area contributed by atoms with Crippen molar-refractivity contribution in [2.75, 3.05) is 0 Å². The molecule has 1 amide bonds. The van der Waals surface area contributed by atoms with Gasteiger partial charge < -0.3 is 15.8 Å². The van der Waals surface area contributed by atoms with Crippen molar-refractivity contribution in [3.05, 3.63) is 0 Å². The molecule has 0 heterocycles. The van der Waals surface area contributed by atoms with Gasteiger partial charge in [0.1, 0.15) is 5.60 Å². The number of alkyl carbamates (subject to hydrolysis) is 1. The molecule has 0 aromatic rings. The fraction of sp³-hybridized carbons (Fsp3) is 0.875. The van der Waals surface area contributed by atoms with Crippen LogP contribution < -0.4 is 11.1 Å². The van der Waals surface area contributed by atoms with E-state index in [1.807, 2.05) is 69.2 Å². The van der Waals surface area contributed by atoms with Crippen molar-refractivity contribution in [3.63, 3.8) is 0 Å². The molecule has 2 atom stereocenters. The van der Waals surface area contributed by atoms with E-state index in [-0.39, 0.29) is 42.3 Å². The van der Waals surface area contributed by atoms with Crippen molar-refractivity contribution in [1.29, 1.82) is 0 Å². The second-order valence-electron chi connectivity index (χ2n) is 11.4. The van der Waals surface area contributed by atoms with E-state index >= 15 is 0 Å². The van der Waals surface area contributed by atoms with Crippen molar-refractivity contribution in [3.8, 4) is 0 Å². The summed E-state index contributed by atoms with van der Waals surface area (Å²) < 4.78 is 5.18. The summed E-state index contributed by atoms with van der Waals surface area (Å²) in [6, 6.07) is -0.824. The maximum atomic E-state index is 12.2. The molecule has 0 radical (unpaired) electrons. The molecule has 2 unspecified atom stereocenters. The third-order valence-electron chi connectivity index (χ3n) is 4.12. The van der Waals surface area contributed by atoms with Crippen LogP contribution in [0.5, 0.6) is 0 Å². The van der Waals surface area contributed by atoms with Gasteiger partial charge in [-0.15, -0.1) is 0 Å². The van der Waals surface area contributed by atoms with E-state index in [0.29, 0.717) is 0 Å². The maximum Gasteiger partial charge on any atom is 0.408 e. The molecule has 30 heavy (non-hydrogen) atoms. The Balaban J connectivity index is -0.000000525. The molecular formula is C24H50N2O4. The van der Waals surface area contributed by atoms with Gasteiger partial charge in [0.2, 0.25) is 0 Å². The number of Topliss-reactive ketones (excluding diaryl/α,β-unsaturated/α-hetero) is 2. The first kappa shape index (κ1) is 33.2. The van der Waals surface area contributed by atoms with E-state index in [4.69, 9.17) is 10.5 Å². The van der Waals surface area contributed by atoms with Crippen LogP contribution in [0.25, 0.3) is 0 Å². The summed E-state index contributed by atoms with van der Waals surface area (Å²) in [5, 5.41) is 2.67. The molecule has 0 saturated carbocycles. The van der Waals surface area contributed by atoms with E-state index in [9.17, 15) is 14.4 Å². The lowest BCUT2D eigenvalue weighted by atomic mass is 9.82. The Hall–Kier alpha value is -1.43. The number of hydrogen-bond donors (Lipinski definition) is 2. The Kier molecular flexibility index (Phi) is 13.8. The quantitative estimate of drug-likeness (QED) is 0.611. The largest absolute Gasteiger partial charge is 0.444 e. The Labute approximate surface area is 186 Å². The predicted molar refractivity (Wildman–Crippen MR) is 126 cm³/mol. The molecule has 3 N–H and O–H groups in total. The van der Waals surface area contributed by atoms with Crippen molar-refractivity contribution in [2.45, 2.75) is 115 Å². The smallest absolute Gasteiger partial charge is 0.408 e. The summed E-state index contributed by atoms with van der Waals surface area (Å²) in [5.41, 5.74) is 4.35. The van der Waals surface area contributed by atoms with Gasteiger partial charge in [0.25, 0.3) is 0 Å². The van der Waals surface area contributed by atoms with Gasteiger partial charge in [0, 0.05) is 10.8 Å². The lowest BCUT2D eigenvalue weighted by Crippen LogP contribution is -2.49. The highest BCUT2D eigenvalue weighted by atomic mass is 16.6. The minimum atomic E-state index is -0.559. The first-order valence-electron chi connectivity index (χ1n) is 10.4. The second-order valence-corrected chi connectivity index (χ2v) is 11.4. The SMILES string of the molecule is C.CC(C)C(N)C(=O)C(C)(C)C.CC(C)C(NC(=O)OC(C)(C)C)C(=O)C(C)(C)C. The molecule has 0 aliphatic heterocycles. The molecule has 0 aliphatic carbocycles. The number of ether oxygens (including phenoxy) is 1. The first-order valence-corrected chi connectivity index (χ1v) is 10.4. The number of nitrogens with one attached hydrogen (secondary N) is 1. The summed E-state index contributed by atoms with van der Waals surface area (Å²) in [5.74, 6) is 0.432. The molecule has 0 spiro atoms. The summed E-state index contributed by atoms with van der Waals surface area (Å²) in [4.78, 5) is 35.4. The van der Waals surface area contributed by atoms with Gasteiger partial charge in [-0.2, -0.15) is 0 Å². The zero-order valence-electron chi connectivity index (χ0n) is 21.0. The zero-order valence-corrected chi connectivity index (χ0v) is 21.0. The molecule has 180 valence electrons. The number of amides is 1. The van der Waals surface area contributed by atoms with Crippen LogP contribution in [-0.4, -0.2) is 35.3 Å². The molecule has 0 saturated heterocycles. The topological polar surface area (TPSA) is 98.5 Å². The number of nitrogens with two attached hydrogens (primary N) is 1. The van der Waals surface area contributed by atoms with E-state index in [1.54, 1.807) is 20.8 Å². The van der Waals surface area contributed by atoms with Crippen molar-refractivity contribution in [2.24, 2.45) is 28.4 Å². The van der Waals surface area contributed by atoms with E-state index in [0.717, 1.165) is 0 Å². The fourth-order valence-electron chi connectivity index (χ4n) is 2.24. The molecule has 0 aromatic heterocycles. The van der Waals surface area contributed by atoms with E-state index < -0.39 is 23.2 Å². The third kappa shape index (κ3) is 13.7. The van der Waals surface area contributed by atoms with Crippen LogP contribution in [-0.2, 0) is 14.3 Å². The summed E-state index contributed by atoms with van der Waals surface area (Å²) in [6.07, 6.45) is -0.543. The van der Waals surface area contributed by atoms with Crippen LogP contribution in [0.2, 0.25) is 0 Å². The summed E-state index contributed by atoms with van der Waals surface area (Å²) >= 11 is 0. The van der Waals surface area contributed by atoms with Crippen LogP contribution in [0.15, 0.2) is 0 Å². The highest BCUT2D eigenvalue weighted by molar-refractivity contribution is 5.91. The first-order chi connectivity index (χ1) is 12.6. The average molecular weight is 431 g/mol. The minimum Gasteiger partial charge on any atom is -0.444 e. The molecule has 0 aromatic carbocycles. The van der Waals surface area contributed by atoms with Crippen LogP contribution in [0, 0.1) is 22.7 Å². The maximum absolute atomic E-state index is 12.2. The number of rotatable bonds is 5. The van der Waals surface area contributed by atoms with Gasteiger partial charge in [-0.1, -0.05) is 76.7 Å². The van der Waals surface area contributed by atoms with Crippen molar-refractivity contribution in [1.82, 2.24) is 5.32 Å². The van der Waals surface area contributed by atoms with Gasteiger partial charge in [-0.3, -0.25) is 9.59 Å². The van der Waals surface area contributed by atoms with Crippen LogP contribution in [0.1, 0.15) is 97.4 Å². The van der Waals surface area contributed by atoms with E-state index in [2.05, 4.69) is 5.32 Å². The fourth-order valence-corrected chi connectivity index (χ4v) is 2.24. The van der Waals surface area contributed by atoms with Gasteiger partial charge in [-0.25, -0.2) is 4.79 Å². The third-order valence-corrected chi connectivity index (χ3v) is 4.12. The van der Waals surface area contributed by atoms with Gasteiger partial charge in [0.05, 0.1) is 12.1 Å². The summed E-state index contributed by atoms with van der Waals surface area (Å²) in [6.45, 7) is 24.4. The lowest BCUT2D eigenvalue weighted by Gasteiger charge is -2.29. The molecule has 0 bridgehead atoms. The zero-order chi connectivity index (χ0) is 24.0. The average Bonchev–Trinajstić information content (AvgIpc) is 2.47. The normalized spacial score (nSPS) is 14.1. The van der Waals surface area contributed by atoms with Crippen LogP contribution in [0.4, 0.5) is 4.79 Å². The van der Waals surface area contributed by atoms with Crippen LogP contribution in [0.3, 0.4) is 0 Å². The highest BCUT2D eigenvalue weighted by Crippen LogP contribution is 2.21. The van der Waals surface area contributed by atoms with Crippen molar-refractivity contribution >= 4 is 17.7 Å². The van der Waals surface area contributed by atoms with Crippen molar-refractivity contribution < 1.29 is 19.1 Å². The Bertz CT molecular complexity index is 547. The summed E-state index contributed by atoms with van der Waals surface area (Å²) in [7, 11) is 0. The molecule has 6 heteroatoms.